The first-order valence-electron chi connectivity index (χ1n) is 9.46. The number of benzene rings is 2. The molecule has 3 heterocycles. The summed E-state index contributed by atoms with van der Waals surface area (Å²) < 4.78 is 25.4. The van der Waals surface area contributed by atoms with Crippen molar-refractivity contribution in [3.8, 4) is 11.5 Å². The van der Waals surface area contributed by atoms with E-state index in [1.807, 2.05) is 18.2 Å². The summed E-state index contributed by atoms with van der Waals surface area (Å²) in [4.78, 5) is 34.2. The largest absolute Gasteiger partial charge is 0.491 e. The number of amides is 2. The molecular formula is C21H17FN4O4. The Balaban J connectivity index is 1.22. The van der Waals surface area contributed by atoms with Gasteiger partial charge in [0.1, 0.15) is 22.8 Å². The molecule has 1 N–H and O–H groups in total. The number of likely N-dealkylation sites (tertiary alicyclic amines) is 1. The van der Waals surface area contributed by atoms with E-state index < -0.39 is 11.7 Å². The van der Waals surface area contributed by atoms with E-state index >= 15 is 0 Å². The van der Waals surface area contributed by atoms with Gasteiger partial charge in [0.25, 0.3) is 11.8 Å². The Morgan fingerprint density at radius 2 is 2.10 bits per heavy atom. The number of carbonyl (C=O) groups is 2. The Labute approximate surface area is 170 Å². The number of hydrogen-bond acceptors (Lipinski definition) is 6. The summed E-state index contributed by atoms with van der Waals surface area (Å²) in [5.74, 6) is -0.457. The number of aromatic nitrogens is 2. The van der Waals surface area contributed by atoms with E-state index in [4.69, 9.17) is 9.47 Å². The molecule has 5 rings (SSSR count). The summed E-state index contributed by atoms with van der Waals surface area (Å²) in [6.45, 7) is 1.15. The predicted octanol–water partition coefficient (Wildman–Crippen LogP) is 2.25. The quantitative estimate of drug-likeness (QED) is 0.712. The van der Waals surface area contributed by atoms with Crippen LogP contribution in [0, 0.1) is 11.7 Å². The summed E-state index contributed by atoms with van der Waals surface area (Å²) in [5, 5.41) is 2.59. The Hall–Kier alpha value is -3.75. The fraction of sp³-hybridized carbons (Fsp3) is 0.238. The number of para-hydroxylation sites is 1. The van der Waals surface area contributed by atoms with Crippen LogP contribution in [0.3, 0.4) is 0 Å². The zero-order valence-electron chi connectivity index (χ0n) is 15.8. The molecule has 1 fully saturated rings. The number of ether oxygens (including phenoxy) is 2. The molecular weight excluding hydrogens is 391 g/mol. The number of hydrogen-bond donors (Lipinski definition) is 1. The molecule has 9 heteroatoms. The molecule has 0 atom stereocenters. The molecule has 30 heavy (non-hydrogen) atoms. The van der Waals surface area contributed by atoms with Crippen molar-refractivity contribution in [2.24, 2.45) is 5.92 Å². The fourth-order valence-electron chi connectivity index (χ4n) is 3.57. The topological polar surface area (TPSA) is 93.7 Å². The number of nitrogens with one attached hydrogen (secondary N) is 1. The number of nitrogens with zero attached hydrogens (tertiary/aromatic N) is 3. The van der Waals surface area contributed by atoms with Crippen molar-refractivity contribution in [2.45, 2.75) is 0 Å². The second-order valence-electron chi connectivity index (χ2n) is 7.23. The normalized spacial score (nSPS) is 15.8. The molecule has 2 aliphatic heterocycles. The molecule has 0 saturated carbocycles. The van der Waals surface area contributed by atoms with Gasteiger partial charge in [0.15, 0.2) is 6.61 Å². The van der Waals surface area contributed by atoms with E-state index in [0.29, 0.717) is 36.6 Å². The summed E-state index contributed by atoms with van der Waals surface area (Å²) in [7, 11) is 0. The summed E-state index contributed by atoms with van der Waals surface area (Å²) in [6, 6.07) is 7.99. The van der Waals surface area contributed by atoms with Crippen LogP contribution in [-0.2, 0) is 4.79 Å². The highest BCUT2D eigenvalue weighted by atomic mass is 19.1. The van der Waals surface area contributed by atoms with Crippen molar-refractivity contribution in [1.29, 1.82) is 0 Å². The van der Waals surface area contributed by atoms with Crippen LogP contribution in [-0.4, -0.2) is 53.0 Å². The van der Waals surface area contributed by atoms with Crippen molar-refractivity contribution >= 4 is 28.5 Å². The van der Waals surface area contributed by atoms with Gasteiger partial charge < -0.3 is 19.7 Å². The van der Waals surface area contributed by atoms with Gasteiger partial charge in [0.05, 0.1) is 23.4 Å². The van der Waals surface area contributed by atoms with E-state index in [1.165, 1.54) is 6.07 Å². The van der Waals surface area contributed by atoms with Crippen molar-refractivity contribution in [1.82, 2.24) is 14.9 Å². The van der Waals surface area contributed by atoms with Crippen LogP contribution in [0.15, 0.2) is 42.7 Å². The number of anilines is 1. The van der Waals surface area contributed by atoms with Crippen LogP contribution in [0.2, 0.25) is 0 Å². The molecule has 2 aliphatic rings. The van der Waals surface area contributed by atoms with Crippen molar-refractivity contribution in [2.75, 3.05) is 31.6 Å². The van der Waals surface area contributed by atoms with Crippen LogP contribution in [0.5, 0.6) is 11.5 Å². The zero-order chi connectivity index (χ0) is 20.7. The molecule has 8 nitrogen and oxygen atoms in total. The van der Waals surface area contributed by atoms with Gasteiger partial charge in [-0.05, 0) is 18.2 Å². The zero-order valence-corrected chi connectivity index (χ0v) is 15.8. The van der Waals surface area contributed by atoms with Crippen LogP contribution in [0.1, 0.15) is 10.4 Å². The predicted molar refractivity (Wildman–Crippen MR) is 105 cm³/mol. The lowest BCUT2D eigenvalue weighted by Crippen LogP contribution is -2.52. The fourth-order valence-corrected chi connectivity index (χ4v) is 3.57. The van der Waals surface area contributed by atoms with E-state index in [-0.39, 0.29) is 29.7 Å². The molecule has 2 aromatic carbocycles. The van der Waals surface area contributed by atoms with Crippen molar-refractivity contribution in [3.05, 3.63) is 54.1 Å². The molecule has 0 radical (unpaired) electrons. The van der Waals surface area contributed by atoms with Crippen LogP contribution in [0.25, 0.3) is 11.0 Å². The third-order valence-corrected chi connectivity index (χ3v) is 5.11. The molecule has 0 spiro atoms. The molecule has 2 amide bonds. The van der Waals surface area contributed by atoms with Crippen LogP contribution < -0.4 is 14.8 Å². The minimum atomic E-state index is -0.677. The van der Waals surface area contributed by atoms with Crippen LogP contribution >= 0.6 is 0 Å². The molecule has 0 unspecified atom stereocenters. The third kappa shape index (κ3) is 3.28. The van der Waals surface area contributed by atoms with E-state index in [1.54, 1.807) is 17.3 Å². The maximum absolute atomic E-state index is 14.4. The lowest BCUT2D eigenvalue weighted by atomic mass is 9.99. The standard InChI is InChI=1S/C21H17FN4O4/c22-14-7-18-16(25-19(27)11-30-18)6-13(14)21(28)26-8-12(9-26)10-29-17-3-1-2-15-20(17)24-5-4-23-15/h1-7,12H,8-11H2,(H,25,27). The Morgan fingerprint density at radius 3 is 2.97 bits per heavy atom. The minimum Gasteiger partial charge on any atom is -0.491 e. The van der Waals surface area contributed by atoms with Crippen molar-refractivity contribution in [3.63, 3.8) is 0 Å². The van der Waals surface area contributed by atoms with Gasteiger partial charge in [-0.25, -0.2) is 9.37 Å². The van der Waals surface area contributed by atoms with E-state index in [2.05, 4.69) is 15.3 Å². The van der Waals surface area contributed by atoms with Gasteiger partial charge in [-0.1, -0.05) is 6.07 Å². The molecule has 1 saturated heterocycles. The van der Waals surface area contributed by atoms with E-state index in [9.17, 15) is 14.0 Å². The second-order valence-corrected chi connectivity index (χ2v) is 7.23. The molecule has 0 bridgehead atoms. The monoisotopic (exact) mass is 408 g/mol. The lowest BCUT2D eigenvalue weighted by Gasteiger charge is -2.39. The minimum absolute atomic E-state index is 0.0942. The highest BCUT2D eigenvalue weighted by Gasteiger charge is 2.34. The summed E-state index contributed by atoms with van der Waals surface area (Å²) in [5.41, 5.74) is 1.64. The summed E-state index contributed by atoms with van der Waals surface area (Å²) in [6.07, 6.45) is 3.23. The van der Waals surface area contributed by atoms with Gasteiger partial charge >= 0.3 is 0 Å². The van der Waals surface area contributed by atoms with Gasteiger partial charge in [-0.2, -0.15) is 0 Å². The highest BCUT2D eigenvalue weighted by molar-refractivity contribution is 6.00. The molecule has 0 aliphatic carbocycles. The first kappa shape index (κ1) is 18.3. The lowest BCUT2D eigenvalue weighted by molar-refractivity contribution is -0.118. The van der Waals surface area contributed by atoms with Crippen LogP contribution in [0.4, 0.5) is 10.1 Å². The molecule has 3 aromatic rings. The van der Waals surface area contributed by atoms with Gasteiger partial charge in [-0.3, -0.25) is 14.6 Å². The maximum Gasteiger partial charge on any atom is 0.262 e. The van der Waals surface area contributed by atoms with Gasteiger partial charge in [0.2, 0.25) is 0 Å². The Morgan fingerprint density at radius 1 is 1.27 bits per heavy atom. The number of fused-ring (bicyclic) bond motifs is 2. The smallest absolute Gasteiger partial charge is 0.262 e. The highest BCUT2D eigenvalue weighted by Crippen LogP contribution is 2.32. The Kier molecular flexibility index (Phi) is 4.42. The maximum atomic E-state index is 14.4. The van der Waals surface area contributed by atoms with Crippen molar-refractivity contribution < 1.29 is 23.5 Å². The first-order chi connectivity index (χ1) is 14.6. The average molecular weight is 408 g/mol. The average Bonchev–Trinajstić information content (AvgIpc) is 2.72. The van der Waals surface area contributed by atoms with Gasteiger partial charge in [0, 0.05) is 37.5 Å². The number of carbonyl (C=O) groups excluding carboxylic acids is 2. The molecule has 152 valence electrons. The van der Waals surface area contributed by atoms with Gasteiger partial charge in [-0.15, -0.1) is 0 Å². The second kappa shape index (κ2) is 7.25. The first-order valence-corrected chi connectivity index (χ1v) is 9.46. The number of halogens is 1. The number of rotatable bonds is 4. The molecule has 1 aromatic heterocycles. The third-order valence-electron chi connectivity index (χ3n) is 5.11. The Bertz CT molecular complexity index is 1160. The van der Waals surface area contributed by atoms with E-state index in [0.717, 1.165) is 11.6 Å². The summed E-state index contributed by atoms with van der Waals surface area (Å²) >= 11 is 0. The SMILES string of the molecule is O=C1COc2cc(F)c(C(=O)N3CC(COc4cccc5nccnc45)C3)cc2N1.